The maximum atomic E-state index is 12.0. The van der Waals surface area contributed by atoms with Crippen molar-refractivity contribution in [2.75, 3.05) is 16.3 Å². The largest absolute Gasteiger partial charge is 0.453 e. The third kappa shape index (κ3) is 4.40. The van der Waals surface area contributed by atoms with Gasteiger partial charge in [-0.15, -0.1) is 0 Å². The van der Waals surface area contributed by atoms with E-state index in [1.165, 1.54) is 0 Å². The van der Waals surface area contributed by atoms with Gasteiger partial charge in [0.05, 0.1) is 22.7 Å². The number of rotatable bonds is 7. The molecule has 194 valence electrons. The molecule has 0 N–H and O–H groups in total. The highest BCUT2D eigenvalue weighted by molar-refractivity contribution is 9.10. The number of halogens is 1. The van der Waals surface area contributed by atoms with Gasteiger partial charge >= 0.3 is 0 Å². The molecule has 9 heteroatoms. The van der Waals surface area contributed by atoms with E-state index in [9.17, 15) is 8.42 Å². The Morgan fingerprint density at radius 3 is 2.11 bits per heavy atom. The van der Waals surface area contributed by atoms with Gasteiger partial charge in [-0.1, -0.05) is 49.4 Å². The molecule has 0 saturated heterocycles. The summed E-state index contributed by atoms with van der Waals surface area (Å²) in [6, 6.07) is 27.1. The summed E-state index contributed by atoms with van der Waals surface area (Å²) >= 11 is 3.68. The van der Waals surface area contributed by atoms with E-state index in [1.54, 1.807) is 0 Å². The van der Waals surface area contributed by atoms with Crippen LogP contribution in [0.2, 0.25) is 0 Å². The summed E-state index contributed by atoms with van der Waals surface area (Å²) in [5.41, 5.74) is 4.39. The molecule has 38 heavy (non-hydrogen) atoms. The molecule has 2 aliphatic heterocycles. The van der Waals surface area contributed by atoms with Gasteiger partial charge in [0, 0.05) is 17.4 Å². The predicted octanol–water partition coefficient (Wildman–Crippen LogP) is 7.46. The second-order valence-corrected chi connectivity index (χ2v) is 10.4. The van der Waals surface area contributed by atoms with E-state index in [0.29, 0.717) is 24.5 Å². The highest BCUT2D eigenvalue weighted by Crippen LogP contribution is 2.52. The Labute approximate surface area is 231 Å². The fourth-order valence-electron chi connectivity index (χ4n) is 5.13. The van der Waals surface area contributed by atoms with Crippen LogP contribution in [0.3, 0.4) is 0 Å². The monoisotopic (exact) mass is 592 g/mol. The van der Waals surface area contributed by atoms with Gasteiger partial charge in [0.2, 0.25) is 0 Å². The van der Waals surface area contributed by atoms with Crippen molar-refractivity contribution in [3.05, 3.63) is 95.0 Å². The number of nitrogens with zero attached hydrogens (tertiary/aromatic N) is 2. The van der Waals surface area contributed by atoms with Crippen LogP contribution in [0.25, 0.3) is 0 Å². The van der Waals surface area contributed by atoms with Crippen molar-refractivity contribution in [2.45, 2.75) is 26.0 Å². The van der Waals surface area contributed by atoms with Crippen LogP contribution >= 0.6 is 15.9 Å². The SMILES string of the molecule is CCc1cccc2c1N(C(CCN1c3ccccc3Oc3cccc(Br)c31)O[SH](=O)=O)c1ccccc1O2. The first-order valence-electron chi connectivity index (χ1n) is 12.4. The third-order valence-corrected chi connectivity index (χ3v) is 7.80. The first-order valence-corrected chi connectivity index (χ1v) is 14.3. The molecule has 4 aromatic carbocycles. The van der Waals surface area contributed by atoms with Crippen molar-refractivity contribution in [1.82, 2.24) is 0 Å². The molecule has 0 fully saturated rings. The molecule has 2 aliphatic rings. The first kappa shape index (κ1) is 24.8. The van der Waals surface area contributed by atoms with Crippen LogP contribution in [0.5, 0.6) is 23.0 Å². The number of benzene rings is 4. The standard InChI is InChI=1S/C29H25BrN2O5S/c1-2-19-9-7-15-25-28(19)32(22-12-4-6-14-24(22)36-25)27(37-38(33)34)17-18-31-21-11-3-5-13-23(21)35-26-16-8-10-20(30)29(26)31/h3-16,27,38H,2,17-18H2,1H3. The number of para-hydroxylation sites is 6. The zero-order valence-electron chi connectivity index (χ0n) is 20.5. The average Bonchev–Trinajstić information content (AvgIpc) is 2.93. The lowest BCUT2D eigenvalue weighted by atomic mass is 10.0. The summed E-state index contributed by atoms with van der Waals surface area (Å²) in [7, 11) is -3.13. The zero-order valence-corrected chi connectivity index (χ0v) is 23.0. The molecule has 0 spiro atoms. The summed E-state index contributed by atoms with van der Waals surface area (Å²) in [5, 5.41) is 0. The smallest absolute Gasteiger partial charge is 0.259 e. The van der Waals surface area contributed by atoms with Gasteiger partial charge in [-0.05, 0) is 70.4 Å². The van der Waals surface area contributed by atoms with E-state index in [-0.39, 0.29) is 0 Å². The Balaban J connectivity index is 1.43. The number of anilines is 4. The molecule has 1 atom stereocenters. The maximum Gasteiger partial charge on any atom is 0.259 e. The summed E-state index contributed by atoms with van der Waals surface area (Å²) in [6.45, 7) is 2.53. The van der Waals surface area contributed by atoms with Crippen LogP contribution in [0.15, 0.2) is 89.4 Å². The minimum absolute atomic E-state index is 0.365. The topological polar surface area (TPSA) is 68.3 Å². The molecule has 2 heterocycles. The highest BCUT2D eigenvalue weighted by Gasteiger charge is 2.34. The molecule has 0 amide bonds. The van der Waals surface area contributed by atoms with Gasteiger partial charge in [-0.2, -0.15) is 0 Å². The molecule has 0 aromatic heterocycles. The Bertz CT molecular complexity index is 1580. The zero-order chi connectivity index (χ0) is 26.2. The minimum atomic E-state index is -3.13. The van der Waals surface area contributed by atoms with Crippen molar-refractivity contribution in [1.29, 1.82) is 0 Å². The van der Waals surface area contributed by atoms with Crippen LogP contribution in [0, 0.1) is 0 Å². The number of aryl methyl sites for hydroxylation is 1. The van der Waals surface area contributed by atoms with Crippen LogP contribution in [0.4, 0.5) is 22.7 Å². The predicted molar refractivity (Wildman–Crippen MR) is 152 cm³/mol. The number of hydrogen-bond donors (Lipinski definition) is 1. The molecule has 7 nitrogen and oxygen atoms in total. The van der Waals surface area contributed by atoms with Crippen molar-refractivity contribution >= 4 is 49.7 Å². The Kier molecular flexibility index (Phi) is 6.73. The van der Waals surface area contributed by atoms with E-state index in [4.69, 9.17) is 13.7 Å². The normalized spacial score (nSPS) is 14.1. The quantitative estimate of drug-likeness (QED) is 0.223. The number of thiol groups is 1. The van der Waals surface area contributed by atoms with E-state index in [1.807, 2.05) is 89.8 Å². The van der Waals surface area contributed by atoms with Gasteiger partial charge in [0.15, 0.2) is 29.2 Å². The second kappa shape index (κ2) is 10.3. The summed E-state index contributed by atoms with van der Waals surface area (Å²) in [6.07, 6.45) is 0.302. The lowest BCUT2D eigenvalue weighted by Crippen LogP contribution is -2.38. The number of ether oxygens (including phenoxy) is 2. The fraction of sp³-hybridized carbons (Fsp3) is 0.172. The molecular formula is C29H25BrN2O5S. The van der Waals surface area contributed by atoms with Gasteiger partial charge in [-0.25, -0.2) is 12.6 Å². The molecule has 0 radical (unpaired) electrons. The van der Waals surface area contributed by atoms with E-state index in [2.05, 4.69) is 27.8 Å². The van der Waals surface area contributed by atoms with Gasteiger partial charge < -0.3 is 19.3 Å². The van der Waals surface area contributed by atoms with Gasteiger partial charge in [0.1, 0.15) is 0 Å². The van der Waals surface area contributed by atoms with E-state index >= 15 is 0 Å². The number of hydrogen-bond acceptors (Lipinski definition) is 7. The first-order chi connectivity index (χ1) is 18.5. The van der Waals surface area contributed by atoms with Gasteiger partial charge in [0.25, 0.3) is 11.0 Å². The Morgan fingerprint density at radius 2 is 1.39 bits per heavy atom. The van der Waals surface area contributed by atoms with Crippen LogP contribution in [0.1, 0.15) is 18.9 Å². The lowest BCUT2D eigenvalue weighted by Gasteiger charge is -2.40. The van der Waals surface area contributed by atoms with Crippen LogP contribution < -0.4 is 19.3 Å². The van der Waals surface area contributed by atoms with E-state index < -0.39 is 17.2 Å². The number of fused-ring (bicyclic) bond motifs is 4. The molecular weight excluding hydrogens is 568 g/mol. The molecule has 6 rings (SSSR count). The van der Waals surface area contributed by atoms with Crippen molar-refractivity contribution in [3.63, 3.8) is 0 Å². The van der Waals surface area contributed by atoms with Crippen molar-refractivity contribution in [3.8, 4) is 23.0 Å². The van der Waals surface area contributed by atoms with Crippen molar-refractivity contribution in [2.24, 2.45) is 0 Å². The lowest BCUT2D eigenvalue weighted by molar-refractivity contribution is 0.213. The summed E-state index contributed by atoms with van der Waals surface area (Å²) in [5.74, 6) is 2.77. The molecule has 1 unspecified atom stereocenters. The average molecular weight is 593 g/mol. The van der Waals surface area contributed by atoms with Crippen LogP contribution in [-0.2, 0) is 21.6 Å². The maximum absolute atomic E-state index is 12.0. The second-order valence-electron chi connectivity index (χ2n) is 8.94. The molecule has 0 bridgehead atoms. The summed E-state index contributed by atoms with van der Waals surface area (Å²) < 4.78 is 43.0. The third-order valence-electron chi connectivity index (χ3n) is 6.74. The molecule has 4 aromatic rings. The minimum Gasteiger partial charge on any atom is -0.453 e. The highest BCUT2D eigenvalue weighted by atomic mass is 79.9. The van der Waals surface area contributed by atoms with E-state index in [0.717, 1.165) is 50.7 Å². The van der Waals surface area contributed by atoms with Crippen molar-refractivity contribution < 1.29 is 22.1 Å². The molecule has 0 aliphatic carbocycles. The Hall–Kier alpha value is -3.53. The fourth-order valence-corrected chi connectivity index (χ4v) is 6.10. The van der Waals surface area contributed by atoms with Crippen LogP contribution in [-0.4, -0.2) is 21.2 Å². The Morgan fingerprint density at radius 1 is 0.789 bits per heavy atom. The van der Waals surface area contributed by atoms with Gasteiger partial charge in [-0.3, -0.25) is 0 Å². The summed E-state index contributed by atoms with van der Waals surface area (Å²) in [4.78, 5) is 4.11. The molecule has 0 saturated carbocycles.